The molecule has 0 bridgehead atoms. The number of aromatic nitrogens is 2. The van der Waals surface area contributed by atoms with Crippen molar-refractivity contribution < 1.29 is 13.6 Å². The zero-order chi connectivity index (χ0) is 21.3. The number of benzene rings is 1. The van der Waals surface area contributed by atoms with Gasteiger partial charge in [-0.05, 0) is 42.1 Å². The van der Waals surface area contributed by atoms with Gasteiger partial charge < -0.3 is 9.88 Å². The lowest BCUT2D eigenvalue weighted by atomic mass is 9.91. The van der Waals surface area contributed by atoms with E-state index in [1.165, 1.54) is 6.07 Å². The molecule has 0 fully saturated rings. The number of hydrogen-bond donors (Lipinski definition) is 2. The number of H-pyrrole nitrogens is 1. The predicted molar refractivity (Wildman–Crippen MR) is 110 cm³/mol. The van der Waals surface area contributed by atoms with Gasteiger partial charge in [0, 0.05) is 36.0 Å². The molecule has 2 N–H and O–H groups in total. The summed E-state index contributed by atoms with van der Waals surface area (Å²) < 4.78 is 28.5. The van der Waals surface area contributed by atoms with Crippen molar-refractivity contribution in [3.05, 3.63) is 65.1 Å². The normalized spacial score (nSPS) is 18.3. The quantitative estimate of drug-likeness (QED) is 0.500. The van der Waals surface area contributed by atoms with Crippen LogP contribution in [0.1, 0.15) is 42.6 Å². The zero-order valence-corrected chi connectivity index (χ0v) is 16.6. The maximum Gasteiger partial charge on any atom is 0.300 e. The van der Waals surface area contributed by atoms with Crippen LogP contribution in [-0.4, -0.2) is 33.5 Å². The smallest absolute Gasteiger partial charge is 0.300 e. The van der Waals surface area contributed by atoms with E-state index in [9.17, 15) is 13.6 Å². The lowest BCUT2D eigenvalue weighted by molar-refractivity contribution is -0.130. The van der Waals surface area contributed by atoms with E-state index in [-0.39, 0.29) is 5.52 Å². The van der Waals surface area contributed by atoms with Crippen LogP contribution in [0.25, 0.3) is 10.9 Å². The number of carbonyl (C=O) groups is 1. The Balaban J connectivity index is 1.93. The fourth-order valence-corrected chi connectivity index (χ4v) is 4.17. The number of fused-ring (bicyclic) bond motifs is 3. The first-order valence-electron chi connectivity index (χ1n) is 9.96. The van der Waals surface area contributed by atoms with Gasteiger partial charge in [-0.15, -0.1) is 6.42 Å². The number of pyridine rings is 1. The summed E-state index contributed by atoms with van der Waals surface area (Å²) in [5.74, 6) is 0.428. The Morgan fingerprint density at radius 1 is 1.43 bits per heavy atom. The Kier molecular flexibility index (Phi) is 5.51. The highest BCUT2D eigenvalue weighted by Crippen LogP contribution is 2.40. The van der Waals surface area contributed by atoms with Gasteiger partial charge >= 0.3 is 0 Å². The van der Waals surface area contributed by atoms with E-state index >= 15 is 0 Å². The van der Waals surface area contributed by atoms with Crippen molar-refractivity contribution >= 4 is 16.8 Å². The van der Waals surface area contributed by atoms with Crippen LogP contribution in [-0.2, 0) is 11.2 Å². The van der Waals surface area contributed by atoms with Gasteiger partial charge in [-0.1, -0.05) is 19.4 Å². The summed E-state index contributed by atoms with van der Waals surface area (Å²) in [5.41, 5.74) is 2.35. The van der Waals surface area contributed by atoms with Crippen LogP contribution in [0.4, 0.5) is 8.78 Å². The minimum absolute atomic E-state index is 0.220. The van der Waals surface area contributed by atoms with E-state index in [0.29, 0.717) is 24.0 Å². The van der Waals surface area contributed by atoms with E-state index in [1.54, 1.807) is 23.4 Å². The van der Waals surface area contributed by atoms with Crippen molar-refractivity contribution in [3.8, 4) is 12.3 Å². The van der Waals surface area contributed by atoms with Gasteiger partial charge in [-0.2, -0.15) is 0 Å². The zero-order valence-electron chi connectivity index (χ0n) is 16.6. The van der Waals surface area contributed by atoms with Gasteiger partial charge in [-0.3, -0.25) is 15.1 Å². The number of nitrogens with one attached hydrogen (secondary N) is 2. The van der Waals surface area contributed by atoms with E-state index in [0.717, 1.165) is 30.0 Å². The molecule has 3 heterocycles. The molecule has 0 radical (unpaired) electrons. The summed E-state index contributed by atoms with van der Waals surface area (Å²) in [5, 5.41) is 3.88. The second-order valence-electron chi connectivity index (χ2n) is 7.40. The maximum atomic E-state index is 14.5. The molecule has 0 unspecified atom stereocenters. The average Bonchev–Trinajstić information content (AvgIpc) is 3.11. The Morgan fingerprint density at radius 3 is 2.97 bits per heavy atom. The van der Waals surface area contributed by atoms with Gasteiger partial charge in [-0.25, -0.2) is 8.78 Å². The Bertz CT molecular complexity index is 1120. The van der Waals surface area contributed by atoms with Crippen LogP contribution < -0.4 is 5.32 Å². The van der Waals surface area contributed by atoms with Gasteiger partial charge in [0.15, 0.2) is 0 Å². The number of amides is 1. The molecule has 154 valence electrons. The molecule has 1 aromatic carbocycles. The molecule has 2 aromatic heterocycles. The fourth-order valence-electron chi connectivity index (χ4n) is 4.17. The molecular formula is C23H22F2N4O. The van der Waals surface area contributed by atoms with Gasteiger partial charge in [0.1, 0.15) is 17.7 Å². The van der Waals surface area contributed by atoms with E-state index < -0.39 is 29.7 Å². The lowest BCUT2D eigenvalue weighted by Crippen LogP contribution is -2.54. The summed E-state index contributed by atoms with van der Waals surface area (Å²) in [6.07, 6.45) is 10.7. The first-order chi connectivity index (χ1) is 14.5. The van der Waals surface area contributed by atoms with Gasteiger partial charge in [0.2, 0.25) is 0 Å². The second kappa shape index (κ2) is 8.25. The molecule has 1 aliphatic rings. The topological polar surface area (TPSA) is 61.0 Å². The Hall–Kier alpha value is -3.24. The third-order valence-electron chi connectivity index (χ3n) is 5.52. The molecule has 0 spiro atoms. The summed E-state index contributed by atoms with van der Waals surface area (Å²) in [7, 11) is 0. The molecule has 0 aliphatic carbocycles. The van der Waals surface area contributed by atoms with Crippen molar-refractivity contribution in [2.45, 2.75) is 38.4 Å². The number of unbranched alkanes of at least 4 members (excludes halogenated alkanes) is 1. The van der Waals surface area contributed by atoms with Crippen molar-refractivity contribution in [1.82, 2.24) is 20.2 Å². The van der Waals surface area contributed by atoms with E-state index in [1.807, 2.05) is 6.07 Å². The molecule has 0 saturated carbocycles. The molecule has 3 aromatic rings. The largest absolute Gasteiger partial charge is 0.354 e. The number of nitrogens with zero attached hydrogens (tertiary/aromatic N) is 2. The highest BCUT2D eigenvalue weighted by molar-refractivity contribution is 5.94. The van der Waals surface area contributed by atoms with Crippen LogP contribution in [0, 0.1) is 24.0 Å². The highest BCUT2D eigenvalue weighted by atomic mass is 19.1. The van der Waals surface area contributed by atoms with Crippen LogP contribution >= 0.6 is 0 Å². The summed E-state index contributed by atoms with van der Waals surface area (Å²) in [4.78, 5) is 21.7. The SMILES string of the molecule is C#CC(=O)N1[C@@H](c2cccnc2)c2[nH]c3c(F)cc(F)cc3c2C[C@@H]1NCCCC. The molecular weight excluding hydrogens is 386 g/mol. The standard InChI is InChI=1S/C23H22F2N4O/c1-3-5-9-27-19-12-17-16-10-15(24)11-18(25)21(16)28-22(17)23(29(19)20(30)4-2)14-7-6-8-26-13-14/h2,6-8,10-11,13,19,23,27-28H,3,5,9,12H2,1H3/t19-,23+/m1/s1. The lowest BCUT2D eigenvalue weighted by Gasteiger charge is -2.41. The maximum absolute atomic E-state index is 14.5. The molecule has 4 rings (SSSR count). The van der Waals surface area contributed by atoms with Crippen molar-refractivity contribution in [1.29, 1.82) is 0 Å². The molecule has 30 heavy (non-hydrogen) atoms. The first kappa shape index (κ1) is 20.0. The number of rotatable bonds is 5. The van der Waals surface area contributed by atoms with Gasteiger partial charge in [0.05, 0.1) is 11.7 Å². The van der Waals surface area contributed by atoms with Crippen LogP contribution in [0.5, 0.6) is 0 Å². The molecule has 1 amide bonds. The molecule has 5 nitrogen and oxygen atoms in total. The summed E-state index contributed by atoms with van der Waals surface area (Å²) >= 11 is 0. The van der Waals surface area contributed by atoms with Gasteiger partial charge in [0.25, 0.3) is 5.91 Å². The number of hydrogen-bond acceptors (Lipinski definition) is 3. The van der Waals surface area contributed by atoms with E-state index in [4.69, 9.17) is 6.42 Å². The van der Waals surface area contributed by atoms with Crippen molar-refractivity contribution in [2.75, 3.05) is 6.54 Å². The van der Waals surface area contributed by atoms with E-state index in [2.05, 4.69) is 28.1 Å². The number of terminal acetylenes is 1. The molecule has 2 atom stereocenters. The third-order valence-corrected chi connectivity index (χ3v) is 5.52. The molecule has 7 heteroatoms. The minimum Gasteiger partial charge on any atom is -0.354 e. The summed E-state index contributed by atoms with van der Waals surface area (Å²) in [6, 6.07) is 5.19. The van der Waals surface area contributed by atoms with Crippen molar-refractivity contribution in [3.63, 3.8) is 0 Å². The van der Waals surface area contributed by atoms with Crippen LogP contribution in [0.2, 0.25) is 0 Å². The van der Waals surface area contributed by atoms with Crippen LogP contribution in [0.3, 0.4) is 0 Å². The summed E-state index contributed by atoms with van der Waals surface area (Å²) in [6.45, 7) is 2.77. The molecule has 0 saturated heterocycles. The highest BCUT2D eigenvalue weighted by Gasteiger charge is 2.40. The monoisotopic (exact) mass is 408 g/mol. The Morgan fingerprint density at radius 2 is 2.27 bits per heavy atom. The third kappa shape index (κ3) is 3.44. The first-order valence-corrected chi connectivity index (χ1v) is 9.96. The second-order valence-corrected chi connectivity index (χ2v) is 7.40. The van der Waals surface area contributed by atoms with Crippen LogP contribution in [0.15, 0.2) is 36.7 Å². The van der Waals surface area contributed by atoms with Crippen molar-refractivity contribution in [2.24, 2.45) is 0 Å². The fraction of sp³-hybridized carbons (Fsp3) is 0.304. The number of carbonyl (C=O) groups excluding carboxylic acids is 1. The Labute approximate surface area is 173 Å². The number of halogens is 2. The predicted octanol–water partition coefficient (Wildman–Crippen LogP) is 3.66. The number of aromatic amines is 1. The average molecular weight is 408 g/mol. The molecule has 1 aliphatic heterocycles. The minimum atomic E-state index is -0.672.